The van der Waals surface area contributed by atoms with Crippen LogP contribution in [0.1, 0.15) is 77.0 Å². The van der Waals surface area contributed by atoms with E-state index < -0.39 is 5.97 Å². The van der Waals surface area contributed by atoms with Crippen molar-refractivity contribution in [3.05, 3.63) is 12.2 Å². The minimum absolute atomic E-state index is 0.253. The Hall–Kier alpha value is -0.830. The third-order valence-corrected chi connectivity index (χ3v) is 3.22. The van der Waals surface area contributed by atoms with Gasteiger partial charge in [0.2, 0.25) is 0 Å². The van der Waals surface area contributed by atoms with Crippen LogP contribution in [0.3, 0.4) is 0 Å². The van der Waals surface area contributed by atoms with Crippen LogP contribution in [0, 0.1) is 0 Å². The van der Waals surface area contributed by atoms with Crippen LogP contribution in [0.2, 0.25) is 0 Å². The molecule has 0 fully saturated rings. The predicted molar refractivity (Wildman–Crippen MR) is 79.3 cm³/mol. The predicted octanol–water partition coefficient (Wildman–Crippen LogP) is 4.30. The van der Waals surface area contributed by atoms with E-state index in [1.54, 1.807) is 0 Å². The highest BCUT2D eigenvalue weighted by molar-refractivity contribution is 5.66. The Morgan fingerprint density at radius 2 is 1.21 bits per heavy atom. The van der Waals surface area contributed by atoms with E-state index >= 15 is 0 Å². The van der Waals surface area contributed by atoms with Gasteiger partial charge in [-0.25, -0.2) is 0 Å². The van der Waals surface area contributed by atoms with Crippen LogP contribution >= 0.6 is 0 Å². The van der Waals surface area contributed by atoms with Crippen molar-refractivity contribution in [3.8, 4) is 0 Å². The lowest BCUT2D eigenvalue weighted by molar-refractivity contribution is -0.137. The van der Waals surface area contributed by atoms with Gasteiger partial charge in [-0.1, -0.05) is 57.1 Å². The van der Waals surface area contributed by atoms with Gasteiger partial charge in [-0.05, 0) is 25.7 Å². The molecule has 19 heavy (non-hydrogen) atoms. The molecule has 0 saturated carbocycles. The standard InChI is InChI=1S/C16H30O3/c17-15-13-11-9-7-5-3-1-2-4-6-8-10-12-14-16(18)19/h9,11,17H,1-8,10,12-15H2,(H,18,19). The number of hydrogen-bond donors (Lipinski definition) is 2. The first-order chi connectivity index (χ1) is 9.27. The molecule has 0 aromatic carbocycles. The summed E-state index contributed by atoms with van der Waals surface area (Å²) in [5.74, 6) is -0.673. The number of unbranched alkanes of at least 4 members (excludes halogenated alkanes) is 9. The van der Waals surface area contributed by atoms with Gasteiger partial charge in [-0.2, -0.15) is 0 Å². The molecule has 0 bridgehead atoms. The summed E-state index contributed by atoms with van der Waals surface area (Å²) in [6, 6.07) is 0. The maximum absolute atomic E-state index is 10.3. The number of hydrogen-bond acceptors (Lipinski definition) is 2. The van der Waals surface area contributed by atoms with Gasteiger partial charge in [0.25, 0.3) is 0 Å². The molecule has 0 heterocycles. The first-order valence-electron chi connectivity index (χ1n) is 7.75. The average molecular weight is 270 g/mol. The van der Waals surface area contributed by atoms with Gasteiger partial charge in [0.1, 0.15) is 0 Å². The molecule has 3 heteroatoms. The number of carbonyl (C=O) groups is 1. The van der Waals surface area contributed by atoms with Crippen molar-refractivity contribution in [3.63, 3.8) is 0 Å². The highest BCUT2D eigenvalue weighted by Crippen LogP contribution is 2.11. The fraction of sp³-hybridized carbons (Fsp3) is 0.812. The van der Waals surface area contributed by atoms with Crippen LogP contribution in [0.25, 0.3) is 0 Å². The second-order valence-electron chi connectivity index (χ2n) is 5.10. The molecule has 0 atom stereocenters. The molecule has 0 aliphatic carbocycles. The van der Waals surface area contributed by atoms with Gasteiger partial charge < -0.3 is 10.2 Å². The minimum Gasteiger partial charge on any atom is -0.481 e. The lowest BCUT2D eigenvalue weighted by Gasteiger charge is -2.01. The lowest BCUT2D eigenvalue weighted by Crippen LogP contribution is -1.93. The van der Waals surface area contributed by atoms with Gasteiger partial charge in [0.15, 0.2) is 0 Å². The van der Waals surface area contributed by atoms with Crippen molar-refractivity contribution >= 4 is 5.97 Å². The molecule has 0 radical (unpaired) electrons. The summed E-state index contributed by atoms with van der Waals surface area (Å²) in [7, 11) is 0. The van der Waals surface area contributed by atoms with Crippen molar-refractivity contribution in [2.75, 3.05) is 6.61 Å². The molecule has 3 nitrogen and oxygen atoms in total. The molecule has 0 aromatic heterocycles. The van der Waals surface area contributed by atoms with Crippen LogP contribution in [0.4, 0.5) is 0 Å². The molecule has 0 unspecified atom stereocenters. The van der Waals surface area contributed by atoms with E-state index in [1.807, 2.05) is 0 Å². The van der Waals surface area contributed by atoms with Crippen LogP contribution in [0.5, 0.6) is 0 Å². The highest BCUT2D eigenvalue weighted by Gasteiger charge is 1.96. The van der Waals surface area contributed by atoms with Crippen molar-refractivity contribution < 1.29 is 15.0 Å². The van der Waals surface area contributed by atoms with Crippen LogP contribution in [-0.2, 0) is 4.79 Å². The summed E-state index contributed by atoms with van der Waals surface area (Å²) in [6.45, 7) is 0.253. The second-order valence-corrected chi connectivity index (χ2v) is 5.10. The topological polar surface area (TPSA) is 57.5 Å². The molecule has 0 aliphatic rings. The van der Waals surface area contributed by atoms with Crippen molar-refractivity contribution in [2.45, 2.75) is 77.0 Å². The Balaban J connectivity index is 3.01. The van der Waals surface area contributed by atoms with Gasteiger partial charge in [-0.3, -0.25) is 4.79 Å². The van der Waals surface area contributed by atoms with Crippen LogP contribution < -0.4 is 0 Å². The van der Waals surface area contributed by atoms with Gasteiger partial charge in [-0.15, -0.1) is 0 Å². The molecule has 112 valence electrons. The van der Waals surface area contributed by atoms with Crippen LogP contribution in [-0.4, -0.2) is 22.8 Å². The zero-order chi connectivity index (χ0) is 14.2. The lowest BCUT2D eigenvalue weighted by atomic mass is 10.1. The summed E-state index contributed by atoms with van der Waals surface area (Å²) < 4.78 is 0. The van der Waals surface area contributed by atoms with Gasteiger partial charge in [0.05, 0.1) is 0 Å². The van der Waals surface area contributed by atoms with Gasteiger partial charge >= 0.3 is 5.97 Å². The van der Waals surface area contributed by atoms with E-state index in [0.29, 0.717) is 6.42 Å². The van der Waals surface area contributed by atoms with Crippen molar-refractivity contribution in [2.24, 2.45) is 0 Å². The zero-order valence-electron chi connectivity index (χ0n) is 12.1. The molecule has 0 rings (SSSR count). The third kappa shape index (κ3) is 17.2. The number of aliphatic carboxylic acids is 1. The number of rotatable bonds is 14. The Morgan fingerprint density at radius 3 is 1.74 bits per heavy atom. The fourth-order valence-corrected chi connectivity index (χ4v) is 2.09. The number of aliphatic hydroxyl groups is 1. The van der Waals surface area contributed by atoms with Gasteiger partial charge in [0, 0.05) is 13.0 Å². The molecule has 0 aliphatic heterocycles. The first kappa shape index (κ1) is 18.2. The normalized spacial score (nSPS) is 11.2. The third-order valence-electron chi connectivity index (χ3n) is 3.22. The summed E-state index contributed by atoms with van der Waals surface area (Å²) >= 11 is 0. The Bertz CT molecular complexity index is 224. The number of allylic oxidation sites excluding steroid dienone is 1. The summed E-state index contributed by atoms with van der Waals surface area (Å²) in [6.07, 6.45) is 17.2. The average Bonchev–Trinajstić information content (AvgIpc) is 2.39. The fourth-order valence-electron chi connectivity index (χ4n) is 2.09. The zero-order valence-corrected chi connectivity index (χ0v) is 12.1. The summed E-state index contributed by atoms with van der Waals surface area (Å²) in [4.78, 5) is 10.3. The largest absolute Gasteiger partial charge is 0.481 e. The van der Waals surface area contributed by atoms with E-state index in [0.717, 1.165) is 25.7 Å². The van der Waals surface area contributed by atoms with E-state index in [1.165, 1.54) is 44.9 Å². The summed E-state index contributed by atoms with van der Waals surface area (Å²) in [5.41, 5.74) is 0. The number of carboxylic acids is 1. The molecule has 0 saturated heterocycles. The number of aliphatic hydroxyl groups excluding tert-OH is 1. The molecule has 0 amide bonds. The van der Waals surface area contributed by atoms with E-state index in [-0.39, 0.29) is 6.61 Å². The van der Waals surface area contributed by atoms with Crippen molar-refractivity contribution in [1.82, 2.24) is 0 Å². The molecule has 2 N–H and O–H groups in total. The second kappa shape index (κ2) is 15.2. The van der Waals surface area contributed by atoms with E-state index in [4.69, 9.17) is 10.2 Å². The monoisotopic (exact) mass is 270 g/mol. The quantitative estimate of drug-likeness (QED) is 0.365. The first-order valence-corrected chi connectivity index (χ1v) is 7.75. The maximum atomic E-state index is 10.3. The molecule has 0 spiro atoms. The Labute approximate surface area is 117 Å². The SMILES string of the molecule is O=C(O)CCCCCCCCCCCC=CCCO. The highest BCUT2D eigenvalue weighted by atomic mass is 16.4. The Morgan fingerprint density at radius 1 is 0.737 bits per heavy atom. The maximum Gasteiger partial charge on any atom is 0.303 e. The minimum atomic E-state index is -0.673. The number of carboxylic acid groups (broad SMARTS) is 1. The van der Waals surface area contributed by atoms with Crippen molar-refractivity contribution in [1.29, 1.82) is 0 Å². The Kier molecular flexibility index (Phi) is 14.6. The smallest absolute Gasteiger partial charge is 0.303 e. The molecule has 0 aromatic rings. The molecular formula is C16H30O3. The van der Waals surface area contributed by atoms with Crippen LogP contribution in [0.15, 0.2) is 12.2 Å². The molecular weight excluding hydrogens is 240 g/mol. The van der Waals surface area contributed by atoms with E-state index in [9.17, 15) is 4.79 Å². The summed E-state index contributed by atoms with van der Waals surface area (Å²) in [5, 5.41) is 17.1. The van der Waals surface area contributed by atoms with E-state index in [2.05, 4.69) is 12.2 Å².